The molecule has 0 saturated carbocycles. The van der Waals surface area contributed by atoms with Crippen LogP contribution < -0.4 is 10.2 Å². The number of ether oxygens (including phenoxy) is 1. The second kappa shape index (κ2) is 8.17. The van der Waals surface area contributed by atoms with E-state index in [1.54, 1.807) is 14.1 Å². The van der Waals surface area contributed by atoms with Crippen LogP contribution in [0.5, 0.6) is 0 Å². The molecule has 1 N–H and O–H groups in total. The second-order valence-electron chi connectivity index (χ2n) is 6.09. The van der Waals surface area contributed by atoms with Crippen LogP contribution in [0.25, 0.3) is 0 Å². The number of hydrogen-bond donors (Lipinski definition) is 1. The lowest BCUT2D eigenvalue weighted by Gasteiger charge is -2.18. The number of nitro benzene ring substituents is 1. The van der Waals surface area contributed by atoms with Gasteiger partial charge in [0.15, 0.2) is 0 Å². The van der Waals surface area contributed by atoms with Gasteiger partial charge in [-0.15, -0.1) is 0 Å². The van der Waals surface area contributed by atoms with Crippen LogP contribution in [0, 0.1) is 10.1 Å². The van der Waals surface area contributed by atoms with E-state index in [4.69, 9.17) is 0 Å². The van der Waals surface area contributed by atoms with Crippen molar-refractivity contribution in [2.75, 3.05) is 31.4 Å². The lowest BCUT2D eigenvalue weighted by molar-refractivity contribution is -0.384. The minimum absolute atomic E-state index is 0.263. The normalized spacial score (nSPS) is 11.0. The Bertz CT molecular complexity index is 974. The van der Waals surface area contributed by atoms with Crippen LogP contribution >= 0.6 is 0 Å². The highest BCUT2D eigenvalue weighted by molar-refractivity contribution is 6.06. The molecule has 11 heteroatoms. The fraction of sp³-hybridized carbons (Fsp3) is 0.222. The number of nitrogens with zero attached hydrogens (tertiary/aromatic N) is 2. The molecule has 0 atom stereocenters. The third kappa shape index (κ3) is 5.00. The van der Waals surface area contributed by atoms with E-state index in [1.165, 1.54) is 11.0 Å². The van der Waals surface area contributed by atoms with Crippen molar-refractivity contribution in [1.82, 2.24) is 0 Å². The molecule has 0 aliphatic carbocycles. The quantitative estimate of drug-likeness (QED) is 0.457. The molecule has 0 spiro atoms. The molecule has 0 aromatic heterocycles. The SMILES string of the molecule is COC(=O)c1cc(C(=O)Nc2ccc(N(C)C)cc2C(F)(F)F)cc([N+](=O)[O-])c1. The Balaban J connectivity index is 2.48. The largest absolute Gasteiger partial charge is 0.465 e. The Morgan fingerprint density at radius 2 is 1.72 bits per heavy atom. The number of esters is 1. The van der Waals surface area contributed by atoms with Gasteiger partial charge in [-0.05, 0) is 24.3 Å². The zero-order valence-electron chi connectivity index (χ0n) is 15.5. The van der Waals surface area contributed by atoms with Gasteiger partial charge in [-0.3, -0.25) is 14.9 Å². The van der Waals surface area contributed by atoms with Gasteiger partial charge in [-0.2, -0.15) is 13.2 Å². The fourth-order valence-electron chi connectivity index (χ4n) is 2.43. The Morgan fingerprint density at radius 3 is 2.24 bits per heavy atom. The number of nitrogens with one attached hydrogen (secondary N) is 1. The summed E-state index contributed by atoms with van der Waals surface area (Å²) in [6.45, 7) is 0. The van der Waals surface area contributed by atoms with Crippen LogP contribution in [-0.4, -0.2) is 38.0 Å². The maximum atomic E-state index is 13.4. The molecule has 0 aliphatic rings. The smallest absolute Gasteiger partial charge is 0.418 e. The average Bonchev–Trinajstić information content (AvgIpc) is 2.66. The minimum Gasteiger partial charge on any atom is -0.465 e. The molecule has 0 saturated heterocycles. The second-order valence-corrected chi connectivity index (χ2v) is 6.09. The molecule has 154 valence electrons. The van der Waals surface area contributed by atoms with Crippen LogP contribution in [-0.2, 0) is 10.9 Å². The van der Waals surface area contributed by atoms with Gasteiger partial charge in [0.2, 0.25) is 0 Å². The van der Waals surface area contributed by atoms with E-state index in [0.717, 1.165) is 37.4 Å². The monoisotopic (exact) mass is 411 g/mol. The number of nitro groups is 1. The van der Waals surface area contributed by atoms with E-state index in [2.05, 4.69) is 10.1 Å². The van der Waals surface area contributed by atoms with Crippen molar-refractivity contribution in [3.05, 3.63) is 63.2 Å². The highest BCUT2D eigenvalue weighted by Gasteiger charge is 2.34. The molecule has 0 bridgehead atoms. The fourth-order valence-corrected chi connectivity index (χ4v) is 2.43. The number of amides is 1. The lowest BCUT2D eigenvalue weighted by Crippen LogP contribution is -2.18. The van der Waals surface area contributed by atoms with Crippen molar-refractivity contribution >= 4 is 28.9 Å². The summed E-state index contributed by atoms with van der Waals surface area (Å²) >= 11 is 0. The minimum atomic E-state index is -4.76. The summed E-state index contributed by atoms with van der Waals surface area (Å²) in [6.07, 6.45) is -4.76. The first-order chi connectivity index (χ1) is 13.4. The first-order valence-electron chi connectivity index (χ1n) is 8.01. The number of carbonyl (C=O) groups is 2. The molecule has 2 rings (SSSR count). The van der Waals surface area contributed by atoms with Crippen LogP contribution in [0.3, 0.4) is 0 Å². The van der Waals surface area contributed by atoms with Gasteiger partial charge in [-0.1, -0.05) is 0 Å². The summed E-state index contributed by atoms with van der Waals surface area (Å²) in [4.78, 5) is 35.8. The van der Waals surface area contributed by atoms with Crippen molar-refractivity contribution in [1.29, 1.82) is 0 Å². The number of methoxy groups -OCH3 is 1. The van der Waals surface area contributed by atoms with Gasteiger partial charge < -0.3 is 15.0 Å². The van der Waals surface area contributed by atoms with E-state index in [9.17, 15) is 32.9 Å². The zero-order chi connectivity index (χ0) is 21.9. The summed E-state index contributed by atoms with van der Waals surface area (Å²) < 4.78 is 44.7. The van der Waals surface area contributed by atoms with E-state index in [1.807, 2.05) is 0 Å². The summed E-state index contributed by atoms with van der Waals surface area (Å²) in [5, 5.41) is 13.2. The molecule has 1 amide bonds. The molecule has 0 heterocycles. The Hall–Kier alpha value is -3.63. The first-order valence-corrected chi connectivity index (χ1v) is 8.01. The highest BCUT2D eigenvalue weighted by atomic mass is 19.4. The van der Waals surface area contributed by atoms with Crippen molar-refractivity contribution in [3.8, 4) is 0 Å². The van der Waals surface area contributed by atoms with Crippen LogP contribution in [0.1, 0.15) is 26.3 Å². The summed E-state index contributed by atoms with van der Waals surface area (Å²) in [5.41, 5.74) is -2.60. The summed E-state index contributed by atoms with van der Waals surface area (Å²) in [7, 11) is 4.17. The third-order valence-electron chi connectivity index (χ3n) is 3.89. The number of alkyl halides is 3. The number of halogens is 3. The van der Waals surface area contributed by atoms with E-state index in [-0.39, 0.29) is 16.8 Å². The van der Waals surface area contributed by atoms with Gasteiger partial charge in [0, 0.05) is 37.5 Å². The average molecular weight is 411 g/mol. The van der Waals surface area contributed by atoms with Crippen LogP contribution in [0.2, 0.25) is 0 Å². The highest BCUT2D eigenvalue weighted by Crippen LogP contribution is 2.37. The van der Waals surface area contributed by atoms with Crippen molar-refractivity contribution in [3.63, 3.8) is 0 Å². The summed E-state index contributed by atoms with van der Waals surface area (Å²) in [5.74, 6) is -1.99. The molecule has 8 nitrogen and oxygen atoms in total. The predicted molar refractivity (Wildman–Crippen MR) is 98.2 cm³/mol. The van der Waals surface area contributed by atoms with Crippen LogP contribution in [0.15, 0.2) is 36.4 Å². The Morgan fingerprint density at radius 1 is 1.10 bits per heavy atom. The molecule has 29 heavy (non-hydrogen) atoms. The van der Waals surface area contributed by atoms with Crippen molar-refractivity contribution < 1.29 is 32.4 Å². The van der Waals surface area contributed by atoms with E-state index >= 15 is 0 Å². The van der Waals surface area contributed by atoms with Gasteiger partial charge in [0.05, 0.1) is 28.8 Å². The Kier molecular flexibility index (Phi) is 6.10. The molecule has 2 aromatic rings. The first kappa shape index (κ1) is 21.7. The van der Waals surface area contributed by atoms with E-state index < -0.39 is 39.9 Å². The number of rotatable bonds is 5. The lowest BCUT2D eigenvalue weighted by atomic mass is 10.1. The molecular weight excluding hydrogens is 395 g/mol. The van der Waals surface area contributed by atoms with Gasteiger partial charge in [-0.25, -0.2) is 4.79 Å². The molecule has 2 aromatic carbocycles. The standard InChI is InChI=1S/C18H16F3N3O5/c1-23(2)12-4-5-15(14(9-12)18(19,20)21)22-16(25)10-6-11(17(26)29-3)8-13(7-10)24(27)28/h4-9H,1-3H3,(H,22,25). The molecule has 0 radical (unpaired) electrons. The maximum absolute atomic E-state index is 13.4. The molecule has 0 aliphatic heterocycles. The molecular formula is C18H16F3N3O5. The van der Waals surface area contributed by atoms with Gasteiger partial charge in [0.1, 0.15) is 0 Å². The zero-order valence-corrected chi connectivity index (χ0v) is 15.5. The number of hydrogen-bond acceptors (Lipinski definition) is 6. The molecule has 0 fully saturated rings. The van der Waals surface area contributed by atoms with Gasteiger partial charge in [0.25, 0.3) is 11.6 Å². The summed E-state index contributed by atoms with van der Waals surface area (Å²) in [6, 6.07) is 6.06. The predicted octanol–water partition coefficient (Wildman–Crippen LogP) is 3.72. The Labute approximate surface area is 163 Å². The van der Waals surface area contributed by atoms with Crippen molar-refractivity contribution in [2.24, 2.45) is 0 Å². The number of non-ortho nitro benzene ring substituents is 1. The van der Waals surface area contributed by atoms with Crippen molar-refractivity contribution in [2.45, 2.75) is 6.18 Å². The number of benzene rings is 2. The topological polar surface area (TPSA) is 102 Å². The number of anilines is 2. The third-order valence-corrected chi connectivity index (χ3v) is 3.89. The van der Waals surface area contributed by atoms with Crippen LogP contribution in [0.4, 0.5) is 30.2 Å². The maximum Gasteiger partial charge on any atom is 0.418 e. The number of carbonyl (C=O) groups excluding carboxylic acids is 2. The van der Waals surface area contributed by atoms with E-state index in [0.29, 0.717) is 0 Å². The van der Waals surface area contributed by atoms with Gasteiger partial charge >= 0.3 is 12.1 Å². The molecule has 0 unspecified atom stereocenters.